The largest absolute Gasteiger partial charge is 0.468 e. The zero-order chi connectivity index (χ0) is 21.5. The fraction of sp³-hybridized carbons (Fsp3) is 0.409. The molecule has 0 saturated heterocycles. The number of hydrogen-bond donors (Lipinski definition) is 1. The summed E-state index contributed by atoms with van der Waals surface area (Å²) in [5, 5.41) is 4.27. The van der Waals surface area contributed by atoms with Crippen molar-refractivity contribution < 1.29 is 14.1 Å². The summed E-state index contributed by atoms with van der Waals surface area (Å²) < 4.78 is 10.5. The topological polar surface area (TPSA) is 117 Å². The van der Waals surface area contributed by atoms with E-state index in [1.807, 2.05) is 12.1 Å². The van der Waals surface area contributed by atoms with Crippen LogP contribution < -0.4 is 5.73 Å². The van der Waals surface area contributed by atoms with Crippen LogP contribution in [-0.2, 0) is 20.4 Å². The number of rotatable bonds is 6. The van der Waals surface area contributed by atoms with E-state index < -0.39 is 10.8 Å². The van der Waals surface area contributed by atoms with Crippen molar-refractivity contribution in [1.82, 2.24) is 20.1 Å². The Bertz CT molecular complexity index is 1060. The van der Waals surface area contributed by atoms with Gasteiger partial charge in [-0.05, 0) is 36.8 Å². The molecule has 4 rings (SSSR count). The fourth-order valence-corrected chi connectivity index (χ4v) is 3.67. The molecule has 3 aromatic rings. The number of methoxy groups -OCH3 is 1. The molecule has 1 aromatic carbocycles. The van der Waals surface area contributed by atoms with E-state index in [2.05, 4.69) is 53.0 Å². The monoisotopic (exact) mass is 407 g/mol. The van der Waals surface area contributed by atoms with Gasteiger partial charge in [0, 0.05) is 18.0 Å². The number of carbonyl (C=O) groups excluding carboxylic acids is 1. The van der Waals surface area contributed by atoms with E-state index in [-0.39, 0.29) is 17.8 Å². The number of aromatic nitrogens is 4. The number of nitrogen functional groups attached to an aromatic ring is 1. The maximum Gasteiger partial charge on any atom is 0.321 e. The Morgan fingerprint density at radius 2 is 1.80 bits per heavy atom. The van der Waals surface area contributed by atoms with E-state index >= 15 is 0 Å². The maximum atomic E-state index is 12.2. The lowest BCUT2D eigenvalue weighted by Gasteiger charge is -2.31. The van der Waals surface area contributed by atoms with E-state index in [0.29, 0.717) is 24.6 Å². The molecule has 1 fully saturated rings. The van der Waals surface area contributed by atoms with Crippen molar-refractivity contribution in [3.05, 3.63) is 53.9 Å². The van der Waals surface area contributed by atoms with Gasteiger partial charge in [-0.25, -0.2) is 9.97 Å². The Balaban J connectivity index is 1.68. The lowest BCUT2D eigenvalue weighted by molar-refractivity contribution is -0.144. The number of nitrogens with zero attached hydrogens (tertiary/aromatic N) is 4. The standard InChI is InChI=1S/C22H25N5O3/c1-13(2)21(3,17-26-18(30-27-17)22(9-10-22)19(28)29-4)16-7-5-14(6-8-16)15-11-24-20(23)25-12-15/h5-8,11-13H,9-10H2,1-4H3,(H2,23,24,25). The Morgan fingerprint density at radius 3 is 2.33 bits per heavy atom. The zero-order valence-electron chi connectivity index (χ0n) is 17.5. The van der Waals surface area contributed by atoms with Crippen molar-refractivity contribution >= 4 is 11.9 Å². The van der Waals surface area contributed by atoms with Crippen LogP contribution in [0.15, 0.2) is 41.2 Å². The summed E-state index contributed by atoms with van der Waals surface area (Å²) in [5.41, 5.74) is 7.22. The summed E-state index contributed by atoms with van der Waals surface area (Å²) in [6, 6.07) is 8.13. The predicted molar refractivity (Wildman–Crippen MR) is 110 cm³/mol. The molecular formula is C22H25N5O3. The van der Waals surface area contributed by atoms with Crippen molar-refractivity contribution in [1.29, 1.82) is 0 Å². The highest BCUT2D eigenvalue weighted by atomic mass is 16.5. The average Bonchev–Trinajstić information content (AvgIpc) is 3.42. The molecule has 0 spiro atoms. The van der Waals surface area contributed by atoms with E-state index in [9.17, 15) is 4.79 Å². The summed E-state index contributed by atoms with van der Waals surface area (Å²) in [5.74, 6) is 1.01. The summed E-state index contributed by atoms with van der Waals surface area (Å²) in [4.78, 5) is 24.9. The third-order valence-corrected chi connectivity index (χ3v) is 6.27. The van der Waals surface area contributed by atoms with Crippen molar-refractivity contribution in [2.24, 2.45) is 5.92 Å². The van der Waals surface area contributed by atoms with Crippen molar-refractivity contribution in [3.63, 3.8) is 0 Å². The smallest absolute Gasteiger partial charge is 0.321 e. The Kier molecular flexibility index (Phi) is 4.80. The first kappa shape index (κ1) is 20.0. The lowest BCUT2D eigenvalue weighted by Crippen LogP contribution is -2.32. The number of esters is 1. The maximum absolute atomic E-state index is 12.2. The highest BCUT2D eigenvalue weighted by Gasteiger charge is 2.58. The summed E-state index contributed by atoms with van der Waals surface area (Å²) >= 11 is 0. The van der Waals surface area contributed by atoms with Gasteiger partial charge in [0.2, 0.25) is 11.8 Å². The first-order valence-corrected chi connectivity index (χ1v) is 9.93. The first-order valence-electron chi connectivity index (χ1n) is 9.93. The van der Waals surface area contributed by atoms with Gasteiger partial charge >= 0.3 is 5.97 Å². The number of hydrogen-bond acceptors (Lipinski definition) is 8. The Labute approximate surface area is 174 Å². The number of anilines is 1. The molecule has 1 unspecified atom stereocenters. The predicted octanol–water partition coefficient (Wildman–Crippen LogP) is 3.28. The average molecular weight is 407 g/mol. The minimum atomic E-state index is -0.781. The normalized spacial score (nSPS) is 16.8. The van der Waals surface area contributed by atoms with E-state index in [0.717, 1.165) is 16.7 Å². The third-order valence-electron chi connectivity index (χ3n) is 6.27. The molecule has 0 aliphatic heterocycles. The summed E-state index contributed by atoms with van der Waals surface area (Å²) in [6.45, 7) is 6.32. The molecule has 1 aliphatic carbocycles. The molecule has 1 saturated carbocycles. The highest BCUT2D eigenvalue weighted by molar-refractivity contribution is 5.85. The summed E-state index contributed by atoms with van der Waals surface area (Å²) in [7, 11) is 1.38. The summed E-state index contributed by atoms with van der Waals surface area (Å²) in [6.07, 6.45) is 4.73. The number of nitrogens with two attached hydrogens (primary N) is 1. The third kappa shape index (κ3) is 3.12. The first-order chi connectivity index (χ1) is 14.3. The molecule has 1 atom stereocenters. The number of carbonyl (C=O) groups is 1. The van der Waals surface area contributed by atoms with Crippen molar-refractivity contribution in [3.8, 4) is 11.1 Å². The molecule has 30 heavy (non-hydrogen) atoms. The van der Waals surface area contributed by atoms with E-state index in [1.165, 1.54) is 7.11 Å². The van der Waals surface area contributed by atoms with Crippen LogP contribution in [0, 0.1) is 5.92 Å². The van der Waals surface area contributed by atoms with Crippen molar-refractivity contribution in [2.45, 2.75) is 44.4 Å². The van der Waals surface area contributed by atoms with Gasteiger partial charge in [-0.3, -0.25) is 4.79 Å². The van der Waals surface area contributed by atoms with Crippen LogP contribution in [0.25, 0.3) is 11.1 Å². The van der Waals surface area contributed by atoms with Crippen LogP contribution in [0.1, 0.15) is 50.9 Å². The quantitative estimate of drug-likeness (QED) is 0.619. The van der Waals surface area contributed by atoms with Gasteiger partial charge in [0.1, 0.15) is 5.41 Å². The molecule has 0 bridgehead atoms. The van der Waals surface area contributed by atoms with Gasteiger partial charge < -0.3 is 15.0 Å². The molecule has 8 nitrogen and oxygen atoms in total. The Hall–Kier alpha value is -3.29. The van der Waals surface area contributed by atoms with Crippen LogP contribution in [0.2, 0.25) is 0 Å². The van der Waals surface area contributed by atoms with Gasteiger partial charge in [-0.1, -0.05) is 43.3 Å². The van der Waals surface area contributed by atoms with Crippen LogP contribution in [0.5, 0.6) is 0 Å². The molecule has 156 valence electrons. The highest BCUT2D eigenvalue weighted by Crippen LogP contribution is 2.49. The molecule has 0 radical (unpaired) electrons. The number of ether oxygens (including phenoxy) is 1. The second-order valence-corrected chi connectivity index (χ2v) is 8.26. The minimum absolute atomic E-state index is 0.182. The van der Waals surface area contributed by atoms with Gasteiger partial charge in [0.05, 0.1) is 12.5 Å². The number of benzene rings is 1. The minimum Gasteiger partial charge on any atom is -0.468 e. The Morgan fingerprint density at radius 1 is 1.17 bits per heavy atom. The van der Waals surface area contributed by atoms with E-state index in [4.69, 9.17) is 15.0 Å². The molecule has 2 heterocycles. The van der Waals surface area contributed by atoms with Crippen molar-refractivity contribution in [2.75, 3.05) is 12.8 Å². The van der Waals surface area contributed by atoms with E-state index in [1.54, 1.807) is 12.4 Å². The molecule has 1 aliphatic rings. The molecule has 2 aromatic heterocycles. The van der Waals surface area contributed by atoms with Gasteiger partial charge in [-0.2, -0.15) is 4.98 Å². The second kappa shape index (κ2) is 7.19. The second-order valence-electron chi connectivity index (χ2n) is 8.26. The SMILES string of the molecule is COC(=O)C1(c2nc(C(C)(c3ccc(-c4cnc(N)nc4)cc3)C(C)C)no2)CC1. The molecular weight excluding hydrogens is 382 g/mol. The van der Waals surface area contributed by atoms with Crippen LogP contribution in [-0.4, -0.2) is 33.2 Å². The fourth-order valence-electron chi connectivity index (χ4n) is 3.67. The van der Waals surface area contributed by atoms with Crippen LogP contribution in [0.4, 0.5) is 5.95 Å². The van der Waals surface area contributed by atoms with Gasteiger partial charge in [0.15, 0.2) is 5.82 Å². The van der Waals surface area contributed by atoms with Gasteiger partial charge in [0.25, 0.3) is 0 Å². The zero-order valence-corrected chi connectivity index (χ0v) is 17.5. The molecule has 2 N–H and O–H groups in total. The lowest BCUT2D eigenvalue weighted by atomic mass is 9.72. The van der Waals surface area contributed by atoms with Crippen LogP contribution >= 0.6 is 0 Å². The van der Waals surface area contributed by atoms with Gasteiger partial charge in [-0.15, -0.1) is 0 Å². The molecule has 8 heteroatoms. The molecule has 0 amide bonds. The van der Waals surface area contributed by atoms with Crippen LogP contribution in [0.3, 0.4) is 0 Å².